The third-order valence-electron chi connectivity index (χ3n) is 5.83. The zero-order chi connectivity index (χ0) is 24.3. The highest BCUT2D eigenvalue weighted by Crippen LogP contribution is 2.19. The maximum absolute atomic E-state index is 13.1. The van der Waals surface area contributed by atoms with E-state index in [4.69, 9.17) is 11.5 Å². The molecular weight excluding hydrogens is 431 g/mol. The molecule has 3 rings (SSSR count). The van der Waals surface area contributed by atoms with E-state index in [9.17, 15) is 14.0 Å². The maximum atomic E-state index is 13.1. The SMILES string of the molecule is NCCC[C@@H](N)C(=O)N[C@@H](CCCCc1ccc(F)cc1)C(=O)Nc1ccc2ccccc2c1. The molecule has 0 saturated heterocycles. The molecule has 0 aromatic heterocycles. The highest BCUT2D eigenvalue weighted by molar-refractivity contribution is 5.99. The van der Waals surface area contributed by atoms with Crippen LogP contribution in [-0.4, -0.2) is 30.4 Å². The van der Waals surface area contributed by atoms with Crippen molar-refractivity contribution in [1.29, 1.82) is 0 Å². The van der Waals surface area contributed by atoms with Crippen LogP contribution < -0.4 is 22.1 Å². The number of hydrogen-bond acceptors (Lipinski definition) is 4. The lowest BCUT2D eigenvalue weighted by molar-refractivity contribution is -0.127. The van der Waals surface area contributed by atoms with E-state index in [2.05, 4.69) is 10.6 Å². The number of fused-ring (bicyclic) bond motifs is 1. The summed E-state index contributed by atoms with van der Waals surface area (Å²) in [6.07, 6.45) is 3.86. The monoisotopic (exact) mass is 464 g/mol. The summed E-state index contributed by atoms with van der Waals surface area (Å²) < 4.78 is 13.1. The molecular formula is C27H33FN4O2. The number of halogens is 1. The van der Waals surface area contributed by atoms with Gasteiger partial charge >= 0.3 is 0 Å². The molecule has 0 bridgehead atoms. The van der Waals surface area contributed by atoms with Gasteiger partial charge in [0, 0.05) is 5.69 Å². The summed E-state index contributed by atoms with van der Waals surface area (Å²) in [5, 5.41) is 7.85. The van der Waals surface area contributed by atoms with E-state index < -0.39 is 12.1 Å². The minimum atomic E-state index is -0.712. The number of aryl methyl sites for hydroxylation is 1. The van der Waals surface area contributed by atoms with Crippen molar-refractivity contribution < 1.29 is 14.0 Å². The van der Waals surface area contributed by atoms with Crippen molar-refractivity contribution in [3.8, 4) is 0 Å². The first-order valence-corrected chi connectivity index (χ1v) is 11.8. The molecule has 0 fully saturated rings. The second-order valence-corrected chi connectivity index (χ2v) is 8.52. The van der Waals surface area contributed by atoms with E-state index in [1.165, 1.54) is 12.1 Å². The summed E-state index contributed by atoms with van der Waals surface area (Å²) in [5.74, 6) is -0.898. The topological polar surface area (TPSA) is 110 Å². The van der Waals surface area contributed by atoms with Crippen molar-refractivity contribution >= 4 is 28.3 Å². The van der Waals surface area contributed by atoms with Crippen LogP contribution in [0.5, 0.6) is 0 Å². The van der Waals surface area contributed by atoms with Crippen LogP contribution in [0.2, 0.25) is 0 Å². The van der Waals surface area contributed by atoms with Crippen molar-refractivity contribution in [3.63, 3.8) is 0 Å². The lowest BCUT2D eigenvalue weighted by Crippen LogP contribution is -2.50. The first-order chi connectivity index (χ1) is 16.5. The minimum Gasteiger partial charge on any atom is -0.343 e. The Morgan fingerprint density at radius 3 is 2.32 bits per heavy atom. The Bertz CT molecular complexity index is 1090. The van der Waals surface area contributed by atoms with Crippen molar-refractivity contribution in [2.75, 3.05) is 11.9 Å². The minimum absolute atomic E-state index is 0.261. The van der Waals surface area contributed by atoms with Gasteiger partial charge in [0.05, 0.1) is 6.04 Å². The molecule has 0 heterocycles. The van der Waals surface area contributed by atoms with Crippen LogP contribution in [0.1, 0.15) is 37.7 Å². The first kappa shape index (κ1) is 25.3. The van der Waals surface area contributed by atoms with Crippen LogP contribution in [0.25, 0.3) is 10.8 Å². The van der Waals surface area contributed by atoms with E-state index in [1.807, 2.05) is 42.5 Å². The van der Waals surface area contributed by atoms with Gasteiger partial charge in [-0.3, -0.25) is 9.59 Å². The fourth-order valence-electron chi connectivity index (χ4n) is 3.84. The second kappa shape index (κ2) is 12.8. The van der Waals surface area contributed by atoms with E-state index in [1.54, 1.807) is 12.1 Å². The highest BCUT2D eigenvalue weighted by Gasteiger charge is 2.23. The molecule has 2 atom stereocenters. The molecule has 3 aromatic rings. The van der Waals surface area contributed by atoms with Gasteiger partial charge in [-0.1, -0.05) is 48.9 Å². The maximum Gasteiger partial charge on any atom is 0.246 e. The van der Waals surface area contributed by atoms with Crippen LogP contribution in [-0.2, 0) is 16.0 Å². The first-order valence-electron chi connectivity index (χ1n) is 11.8. The predicted molar refractivity (Wildman–Crippen MR) is 135 cm³/mol. The summed E-state index contributed by atoms with van der Waals surface area (Å²) in [7, 11) is 0. The zero-order valence-electron chi connectivity index (χ0n) is 19.3. The number of anilines is 1. The molecule has 3 aromatic carbocycles. The number of unbranched alkanes of at least 4 members (excludes halogenated alkanes) is 1. The van der Waals surface area contributed by atoms with E-state index in [0.717, 1.165) is 29.2 Å². The van der Waals surface area contributed by atoms with Crippen molar-refractivity contribution in [2.45, 2.75) is 50.6 Å². The molecule has 0 aliphatic rings. The molecule has 2 amide bonds. The summed E-state index contributed by atoms with van der Waals surface area (Å²) >= 11 is 0. The molecule has 34 heavy (non-hydrogen) atoms. The molecule has 0 unspecified atom stereocenters. The van der Waals surface area contributed by atoms with Gasteiger partial charge in [-0.15, -0.1) is 0 Å². The normalized spacial score (nSPS) is 12.8. The molecule has 0 aliphatic carbocycles. The van der Waals surface area contributed by atoms with Gasteiger partial charge < -0.3 is 22.1 Å². The standard InChI is InChI=1S/C27H33FN4O2/c28-22-14-11-19(12-15-22)6-1-4-10-25(32-26(33)24(30)9-5-17-29)27(34)31-23-16-13-20-7-2-3-8-21(20)18-23/h2-3,7-8,11-16,18,24-25H,1,4-6,9-10,17,29-30H2,(H,31,34)(H,32,33)/t24-,25+/m1/s1. The number of carbonyl (C=O) groups excluding carboxylic acids is 2. The van der Waals surface area contributed by atoms with Crippen LogP contribution in [0, 0.1) is 5.82 Å². The van der Waals surface area contributed by atoms with Gasteiger partial charge in [0.1, 0.15) is 11.9 Å². The van der Waals surface area contributed by atoms with Gasteiger partial charge in [0.25, 0.3) is 0 Å². The Labute approximate surface area is 199 Å². The Morgan fingerprint density at radius 1 is 0.853 bits per heavy atom. The number of amides is 2. The molecule has 6 N–H and O–H groups in total. The Morgan fingerprint density at radius 2 is 1.59 bits per heavy atom. The summed E-state index contributed by atoms with van der Waals surface area (Å²) in [5.41, 5.74) is 13.2. The van der Waals surface area contributed by atoms with Crippen LogP contribution in [0.15, 0.2) is 66.7 Å². The van der Waals surface area contributed by atoms with Crippen molar-refractivity contribution in [2.24, 2.45) is 11.5 Å². The third-order valence-corrected chi connectivity index (χ3v) is 5.83. The van der Waals surface area contributed by atoms with E-state index >= 15 is 0 Å². The van der Waals surface area contributed by atoms with Gasteiger partial charge in [0.15, 0.2) is 0 Å². The van der Waals surface area contributed by atoms with Gasteiger partial charge in [-0.2, -0.15) is 0 Å². The number of hydrogen-bond donors (Lipinski definition) is 4. The third kappa shape index (κ3) is 7.64. The fourth-order valence-corrected chi connectivity index (χ4v) is 3.84. The molecule has 180 valence electrons. The van der Waals surface area contributed by atoms with E-state index in [-0.39, 0.29) is 17.6 Å². The van der Waals surface area contributed by atoms with Gasteiger partial charge in [-0.25, -0.2) is 4.39 Å². The van der Waals surface area contributed by atoms with Crippen LogP contribution in [0.4, 0.5) is 10.1 Å². The predicted octanol–water partition coefficient (Wildman–Crippen LogP) is 3.88. The second-order valence-electron chi connectivity index (χ2n) is 8.52. The molecule has 0 spiro atoms. The van der Waals surface area contributed by atoms with Crippen molar-refractivity contribution in [1.82, 2.24) is 5.32 Å². The highest BCUT2D eigenvalue weighted by atomic mass is 19.1. The van der Waals surface area contributed by atoms with Gasteiger partial charge in [0.2, 0.25) is 11.8 Å². The summed E-state index contributed by atoms with van der Waals surface area (Å²) in [6, 6.07) is 18.6. The number of nitrogens with one attached hydrogen (secondary N) is 2. The summed E-state index contributed by atoms with van der Waals surface area (Å²) in [6.45, 7) is 0.455. The zero-order valence-corrected chi connectivity index (χ0v) is 19.3. The average molecular weight is 465 g/mol. The van der Waals surface area contributed by atoms with Crippen LogP contribution in [0.3, 0.4) is 0 Å². The number of benzene rings is 3. The summed E-state index contributed by atoms with van der Waals surface area (Å²) in [4.78, 5) is 25.7. The van der Waals surface area contributed by atoms with Gasteiger partial charge in [-0.05, 0) is 79.3 Å². The largest absolute Gasteiger partial charge is 0.343 e. The quantitative estimate of drug-likeness (QED) is 0.305. The Balaban J connectivity index is 1.62. The lowest BCUT2D eigenvalue weighted by Gasteiger charge is -2.21. The fraction of sp³-hybridized carbons (Fsp3) is 0.333. The number of carbonyl (C=O) groups is 2. The molecule has 6 nitrogen and oxygen atoms in total. The number of nitrogens with two attached hydrogens (primary N) is 2. The lowest BCUT2D eigenvalue weighted by atomic mass is 10.0. The Kier molecular flexibility index (Phi) is 9.55. The molecule has 0 aliphatic heterocycles. The number of rotatable bonds is 12. The smallest absolute Gasteiger partial charge is 0.246 e. The molecule has 0 radical (unpaired) electrons. The van der Waals surface area contributed by atoms with E-state index in [0.29, 0.717) is 37.9 Å². The average Bonchev–Trinajstić information content (AvgIpc) is 2.85. The molecule has 0 saturated carbocycles. The molecule has 7 heteroatoms. The van der Waals surface area contributed by atoms with Crippen molar-refractivity contribution in [3.05, 3.63) is 78.1 Å². The van der Waals surface area contributed by atoms with Crippen LogP contribution >= 0.6 is 0 Å². The Hall–Kier alpha value is -3.29.